The predicted molar refractivity (Wildman–Crippen MR) is 70.7 cm³/mol. The molecule has 1 saturated heterocycles. The van der Waals surface area contributed by atoms with Crippen LogP contribution in [-0.2, 0) is 6.61 Å². The van der Waals surface area contributed by atoms with Crippen LogP contribution in [0.3, 0.4) is 0 Å². The third-order valence-corrected chi connectivity index (χ3v) is 3.72. The summed E-state index contributed by atoms with van der Waals surface area (Å²) in [5.74, 6) is 0. The maximum absolute atomic E-state index is 9.39. The van der Waals surface area contributed by atoms with Crippen molar-refractivity contribution in [1.29, 1.82) is 0 Å². The molecule has 0 spiro atoms. The number of halogens is 1. The van der Waals surface area contributed by atoms with E-state index in [9.17, 15) is 5.11 Å². The average molecular weight is 284 g/mol. The van der Waals surface area contributed by atoms with E-state index in [1.807, 2.05) is 12.1 Å². The van der Waals surface area contributed by atoms with E-state index in [2.05, 4.69) is 40.7 Å². The summed E-state index contributed by atoms with van der Waals surface area (Å²) in [6.07, 6.45) is 1.22. The molecule has 0 radical (unpaired) electrons. The van der Waals surface area contributed by atoms with Crippen LogP contribution in [0.2, 0.25) is 0 Å². The monoisotopic (exact) mass is 283 g/mol. The van der Waals surface area contributed by atoms with Crippen molar-refractivity contribution in [3.8, 4) is 0 Å². The molecule has 1 aliphatic heterocycles. The summed E-state index contributed by atoms with van der Waals surface area (Å²) < 4.78 is 1.03. The Kier molecular flexibility index (Phi) is 3.27. The largest absolute Gasteiger partial charge is 0.392 e. The molecule has 3 heteroatoms. The van der Waals surface area contributed by atoms with E-state index in [0.717, 1.165) is 23.1 Å². The van der Waals surface area contributed by atoms with Crippen LogP contribution >= 0.6 is 15.9 Å². The first-order chi connectivity index (χ1) is 7.52. The van der Waals surface area contributed by atoms with Gasteiger partial charge >= 0.3 is 0 Å². The fourth-order valence-corrected chi connectivity index (χ4v) is 2.72. The number of aliphatic hydroxyl groups excluding tert-OH is 1. The van der Waals surface area contributed by atoms with E-state index >= 15 is 0 Å². The van der Waals surface area contributed by atoms with Gasteiger partial charge in [-0.25, -0.2) is 0 Å². The minimum absolute atomic E-state index is 0.103. The topological polar surface area (TPSA) is 23.5 Å². The average Bonchev–Trinajstić information content (AvgIpc) is 2.58. The lowest BCUT2D eigenvalue weighted by atomic mass is 9.93. The third-order valence-electron chi connectivity index (χ3n) is 3.23. The maximum atomic E-state index is 9.39. The zero-order chi connectivity index (χ0) is 11.8. The zero-order valence-corrected chi connectivity index (χ0v) is 11.4. The molecule has 0 atom stereocenters. The van der Waals surface area contributed by atoms with Crippen LogP contribution in [0.25, 0.3) is 0 Å². The van der Waals surface area contributed by atoms with Gasteiger partial charge in [-0.15, -0.1) is 0 Å². The number of aliphatic hydroxyl groups is 1. The van der Waals surface area contributed by atoms with Crippen LogP contribution in [0.1, 0.15) is 25.8 Å². The van der Waals surface area contributed by atoms with E-state index < -0.39 is 0 Å². The molecule has 1 aliphatic rings. The summed E-state index contributed by atoms with van der Waals surface area (Å²) in [7, 11) is 0. The molecule has 2 nitrogen and oxygen atoms in total. The van der Waals surface area contributed by atoms with Crippen molar-refractivity contribution in [1.82, 2.24) is 0 Å². The van der Waals surface area contributed by atoms with Gasteiger partial charge in [-0.2, -0.15) is 0 Å². The van der Waals surface area contributed by atoms with Crippen molar-refractivity contribution in [2.24, 2.45) is 5.41 Å². The van der Waals surface area contributed by atoms with Gasteiger partial charge in [0.2, 0.25) is 0 Å². The Balaban J connectivity index is 2.27. The van der Waals surface area contributed by atoms with Crippen molar-refractivity contribution < 1.29 is 5.11 Å². The number of nitrogens with zero attached hydrogens (tertiary/aromatic N) is 1. The minimum Gasteiger partial charge on any atom is -0.392 e. The molecule has 0 amide bonds. The first kappa shape index (κ1) is 11.9. The predicted octanol–water partition coefficient (Wildman–Crippen LogP) is 3.18. The molecule has 0 bridgehead atoms. The quantitative estimate of drug-likeness (QED) is 0.901. The molecule has 0 aromatic heterocycles. The van der Waals surface area contributed by atoms with Crippen molar-refractivity contribution in [3.63, 3.8) is 0 Å². The molecule has 1 aromatic rings. The van der Waals surface area contributed by atoms with E-state index in [1.165, 1.54) is 12.1 Å². The molecule has 1 N–H and O–H groups in total. The Hall–Kier alpha value is -0.540. The van der Waals surface area contributed by atoms with E-state index in [0.29, 0.717) is 5.41 Å². The molecule has 0 unspecified atom stereocenters. The molecule has 88 valence electrons. The first-order valence-corrected chi connectivity index (χ1v) is 6.45. The molecule has 1 aromatic carbocycles. The summed E-state index contributed by atoms with van der Waals surface area (Å²) in [6, 6.07) is 6.14. The van der Waals surface area contributed by atoms with Gasteiger partial charge in [0.1, 0.15) is 0 Å². The smallest absolute Gasteiger partial charge is 0.0702 e. The second kappa shape index (κ2) is 4.38. The van der Waals surface area contributed by atoms with Crippen molar-refractivity contribution >= 4 is 21.6 Å². The normalized spacial score (nSPS) is 19.1. The molecule has 0 aliphatic carbocycles. The summed E-state index contributed by atoms with van der Waals surface area (Å²) >= 11 is 3.44. The summed E-state index contributed by atoms with van der Waals surface area (Å²) in [4.78, 5) is 2.37. The zero-order valence-electron chi connectivity index (χ0n) is 9.83. The lowest BCUT2D eigenvalue weighted by Gasteiger charge is -2.23. The Morgan fingerprint density at radius 1 is 1.44 bits per heavy atom. The maximum Gasteiger partial charge on any atom is 0.0702 e. The standard InChI is InChI=1S/C13H18BrNO/c1-13(2)5-6-15(9-13)12-4-3-11(14)7-10(12)8-16/h3-4,7,16H,5-6,8-9H2,1-2H3. The van der Waals surface area contributed by atoms with Gasteiger partial charge in [-0.1, -0.05) is 29.8 Å². The molecule has 1 heterocycles. The van der Waals surface area contributed by atoms with Gasteiger partial charge in [-0.05, 0) is 30.0 Å². The van der Waals surface area contributed by atoms with Gasteiger partial charge in [0, 0.05) is 28.8 Å². The van der Waals surface area contributed by atoms with Crippen molar-refractivity contribution in [2.45, 2.75) is 26.9 Å². The Labute approximate surface area is 105 Å². The number of rotatable bonds is 2. The highest BCUT2D eigenvalue weighted by atomic mass is 79.9. The second-order valence-electron chi connectivity index (χ2n) is 5.27. The van der Waals surface area contributed by atoms with Crippen LogP contribution in [0.4, 0.5) is 5.69 Å². The van der Waals surface area contributed by atoms with Crippen LogP contribution < -0.4 is 4.90 Å². The van der Waals surface area contributed by atoms with Gasteiger partial charge < -0.3 is 10.0 Å². The number of hydrogen-bond donors (Lipinski definition) is 1. The van der Waals surface area contributed by atoms with Crippen LogP contribution in [0, 0.1) is 5.41 Å². The number of hydrogen-bond acceptors (Lipinski definition) is 2. The summed E-state index contributed by atoms with van der Waals surface area (Å²) in [5.41, 5.74) is 2.57. The highest BCUT2D eigenvalue weighted by Crippen LogP contribution is 2.34. The first-order valence-electron chi connectivity index (χ1n) is 5.66. The molecular formula is C13H18BrNO. The fourth-order valence-electron chi connectivity index (χ4n) is 2.31. The Morgan fingerprint density at radius 2 is 2.19 bits per heavy atom. The Bertz CT molecular complexity index is 390. The molecule has 0 saturated carbocycles. The minimum atomic E-state index is 0.103. The SMILES string of the molecule is CC1(C)CCN(c2ccc(Br)cc2CO)C1. The molecular weight excluding hydrogens is 266 g/mol. The van der Waals surface area contributed by atoms with Crippen LogP contribution in [0.15, 0.2) is 22.7 Å². The van der Waals surface area contributed by atoms with E-state index in [4.69, 9.17) is 0 Å². The fraction of sp³-hybridized carbons (Fsp3) is 0.538. The van der Waals surface area contributed by atoms with Crippen molar-refractivity contribution in [3.05, 3.63) is 28.2 Å². The highest BCUT2D eigenvalue weighted by Gasteiger charge is 2.30. The summed E-state index contributed by atoms with van der Waals surface area (Å²) in [6.45, 7) is 6.85. The van der Waals surface area contributed by atoms with E-state index in [-0.39, 0.29) is 6.61 Å². The lowest BCUT2D eigenvalue weighted by molar-refractivity contribution is 0.282. The van der Waals surface area contributed by atoms with Gasteiger partial charge in [0.15, 0.2) is 0 Å². The lowest BCUT2D eigenvalue weighted by Crippen LogP contribution is -2.23. The summed E-state index contributed by atoms with van der Waals surface area (Å²) in [5, 5.41) is 9.39. The van der Waals surface area contributed by atoms with Gasteiger partial charge in [0.05, 0.1) is 6.61 Å². The number of anilines is 1. The molecule has 1 fully saturated rings. The molecule has 2 rings (SSSR count). The van der Waals surface area contributed by atoms with Crippen molar-refractivity contribution in [2.75, 3.05) is 18.0 Å². The number of benzene rings is 1. The van der Waals surface area contributed by atoms with Crippen LogP contribution in [0.5, 0.6) is 0 Å². The molecule has 16 heavy (non-hydrogen) atoms. The highest BCUT2D eigenvalue weighted by molar-refractivity contribution is 9.10. The van der Waals surface area contributed by atoms with Crippen LogP contribution in [-0.4, -0.2) is 18.2 Å². The van der Waals surface area contributed by atoms with Gasteiger partial charge in [0.25, 0.3) is 0 Å². The third kappa shape index (κ3) is 2.41. The van der Waals surface area contributed by atoms with Gasteiger partial charge in [-0.3, -0.25) is 0 Å². The Morgan fingerprint density at radius 3 is 2.75 bits per heavy atom. The van der Waals surface area contributed by atoms with E-state index in [1.54, 1.807) is 0 Å². The second-order valence-corrected chi connectivity index (χ2v) is 6.18.